The molecule has 0 atom stereocenters. The summed E-state index contributed by atoms with van der Waals surface area (Å²) in [7, 11) is 0. The van der Waals surface area contributed by atoms with E-state index in [2.05, 4.69) is 19.2 Å². The lowest BCUT2D eigenvalue weighted by Gasteiger charge is -2.06. The molecule has 0 saturated carbocycles. The smallest absolute Gasteiger partial charge is 0.00465 e. The molecule has 0 aliphatic rings. The molecule has 15 heavy (non-hydrogen) atoms. The van der Waals surface area contributed by atoms with Crippen molar-refractivity contribution in [3.8, 4) is 0 Å². The summed E-state index contributed by atoms with van der Waals surface area (Å²) in [5, 5.41) is 3.50. The number of unbranched alkanes of at least 4 members (excludes halogenated alkanes) is 5. The van der Waals surface area contributed by atoms with Crippen LogP contribution >= 0.6 is 0 Å². The molecule has 3 N–H and O–H groups in total. The zero-order valence-electron chi connectivity index (χ0n) is 10.7. The summed E-state index contributed by atoms with van der Waals surface area (Å²) in [5.74, 6) is 0.828. The van der Waals surface area contributed by atoms with Crippen LogP contribution in [0.4, 0.5) is 0 Å². The number of nitrogens with one attached hydrogen (secondary N) is 1. The Morgan fingerprint density at radius 1 is 0.867 bits per heavy atom. The Balaban J connectivity index is 2.87. The van der Waals surface area contributed by atoms with Gasteiger partial charge in [-0.25, -0.2) is 0 Å². The van der Waals surface area contributed by atoms with E-state index in [9.17, 15) is 0 Å². The highest BCUT2D eigenvalue weighted by Gasteiger charge is 1.93. The van der Waals surface area contributed by atoms with E-state index < -0.39 is 0 Å². The predicted molar refractivity (Wildman–Crippen MR) is 69.1 cm³/mol. The fraction of sp³-hybridized carbons (Fsp3) is 1.00. The Hall–Kier alpha value is -0.0800. The maximum absolute atomic E-state index is 5.44. The van der Waals surface area contributed by atoms with Crippen LogP contribution in [0.3, 0.4) is 0 Å². The molecule has 0 aromatic rings. The third-order valence-corrected chi connectivity index (χ3v) is 2.71. The molecule has 0 bridgehead atoms. The van der Waals surface area contributed by atoms with Gasteiger partial charge in [-0.2, -0.15) is 0 Å². The minimum Gasteiger partial charge on any atom is -0.330 e. The van der Waals surface area contributed by atoms with Gasteiger partial charge in [0, 0.05) is 0 Å². The second-order valence-corrected chi connectivity index (χ2v) is 4.84. The van der Waals surface area contributed by atoms with E-state index in [1.165, 1.54) is 58.0 Å². The lowest BCUT2D eigenvalue weighted by Crippen LogP contribution is -2.17. The standard InChI is InChI=1S/C13H30N2/c1-13(2)9-12-15-11-8-6-4-3-5-7-10-14/h13,15H,3-12,14H2,1-2H3. The average molecular weight is 214 g/mol. The van der Waals surface area contributed by atoms with Crippen LogP contribution in [-0.4, -0.2) is 19.6 Å². The summed E-state index contributed by atoms with van der Waals surface area (Å²) in [4.78, 5) is 0. The molecule has 2 heteroatoms. The molecule has 0 heterocycles. The normalized spacial score (nSPS) is 11.2. The van der Waals surface area contributed by atoms with Gasteiger partial charge in [0.25, 0.3) is 0 Å². The molecule has 0 spiro atoms. The van der Waals surface area contributed by atoms with Crippen LogP contribution in [0.25, 0.3) is 0 Å². The third kappa shape index (κ3) is 13.9. The topological polar surface area (TPSA) is 38.0 Å². The van der Waals surface area contributed by atoms with E-state index in [-0.39, 0.29) is 0 Å². The fourth-order valence-corrected chi connectivity index (χ4v) is 1.62. The van der Waals surface area contributed by atoms with E-state index in [1.807, 2.05) is 0 Å². The Morgan fingerprint density at radius 2 is 1.47 bits per heavy atom. The second-order valence-electron chi connectivity index (χ2n) is 4.84. The van der Waals surface area contributed by atoms with Crippen molar-refractivity contribution < 1.29 is 0 Å². The fourth-order valence-electron chi connectivity index (χ4n) is 1.62. The van der Waals surface area contributed by atoms with Crippen molar-refractivity contribution in [3.63, 3.8) is 0 Å². The highest BCUT2D eigenvalue weighted by Crippen LogP contribution is 2.04. The van der Waals surface area contributed by atoms with Crippen molar-refractivity contribution in [1.82, 2.24) is 5.32 Å². The Labute approximate surface area is 96.0 Å². The summed E-state index contributed by atoms with van der Waals surface area (Å²) in [6.07, 6.45) is 9.27. The summed E-state index contributed by atoms with van der Waals surface area (Å²) in [6, 6.07) is 0. The summed E-state index contributed by atoms with van der Waals surface area (Å²) in [5.41, 5.74) is 5.44. The van der Waals surface area contributed by atoms with Crippen molar-refractivity contribution in [3.05, 3.63) is 0 Å². The van der Waals surface area contributed by atoms with E-state index in [1.54, 1.807) is 0 Å². The van der Waals surface area contributed by atoms with Gasteiger partial charge in [0.05, 0.1) is 0 Å². The third-order valence-electron chi connectivity index (χ3n) is 2.71. The van der Waals surface area contributed by atoms with Crippen LogP contribution < -0.4 is 11.1 Å². The first-order chi connectivity index (χ1) is 7.27. The highest BCUT2D eigenvalue weighted by molar-refractivity contribution is 4.52. The molecular weight excluding hydrogens is 184 g/mol. The van der Waals surface area contributed by atoms with Gasteiger partial charge in [0.15, 0.2) is 0 Å². The van der Waals surface area contributed by atoms with E-state index in [0.29, 0.717) is 0 Å². The minimum atomic E-state index is 0.828. The number of nitrogens with two attached hydrogens (primary N) is 1. The molecular formula is C13H30N2. The van der Waals surface area contributed by atoms with Gasteiger partial charge in [0.1, 0.15) is 0 Å². The molecule has 0 aliphatic carbocycles. The molecule has 0 aromatic carbocycles. The lowest BCUT2D eigenvalue weighted by atomic mass is 10.1. The lowest BCUT2D eigenvalue weighted by molar-refractivity contribution is 0.517. The maximum atomic E-state index is 5.44. The van der Waals surface area contributed by atoms with Crippen molar-refractivity contribution in [2.24, 2.45) is 11.7 Å². The number of hydrogen-bond acceptors (Lipinski definition) is 2. The monoisotopic (exact) mass is 214 g/mol. The quantitative estimate of drug-likeness (QED) is 0.519. The van der Waals surface area contributed by atoms with E-state index in [4.69, 9.17) is 5.73 Å². The van der Waals surface area contributed by atoms with E-state index in [0.717, 1.165) is 12.5 Å². The summed E-state index contributed by atoms with van der Waals surface area (Å²) in [6.45, 7) is 7.80. The van der Waals surface area contributed by atoms with Crippen LogP contribution in [0.1, 0.15) is 58.8 Å². The van der Waals surface area contributed by atoms with Gasteiger partial charge < -0.3 is 11.1 Å². The van der Waals surface area contributed by atoms with Gasteiger partial charge >= 0.3 is 0 Å². The SMILES string of the molecule is CC(C)CCNCCCCCCCCN. The highest BCUT2D eigenvalue weighted by atomic mass is 14.8. The van der Waals surface area contributed by atoms with Crippen LogP contribution in [0.15, 0.2) is 0 Å². The Morgan fingerprint density at radius 3 is 2.07 bits per heavy atom. The van der Waals surface area contributed by atoms with Crippen LogP contribution in [0.5, 0.6) is 0 Å². The maximum Gasteiger partial charge on any atom is -0.00465 e. The zero-order valence-corrected chi connectivity index (χ0v) is 10.7. The largest absolute Gasteiger partial charge is 0.330 e. The molecule has 0 saturated heterocycles. The number of hydrogen-bond donors (Lipinski definition) is 2. The van der Waals surface area contributed by atoms with Crippen molar-refractivity contribution in [2.45, 2.75) is 58.8 Å². The van der Waals surface area contributed by atoms with Crippen molar-refractivity contribution >= 4 is 0 Å². The number of rotatable bonds is 11. The molecule has 0 fully saturated rings. The Bertz CT molecular complexity index is 113. The molecule has 0 radical (unpaired) electrons. The summed E-state index contributed by atoms with van der Waals surface area (Å²) >= 11 is 0. The first kappa shape index (κ1) is 14.9. The van der Waals surface area contributed by atoms with Gasteiger partial charge in [-0.3, -0.25) is 0 Å². The van der Waals surface area contributed by atoms with Crippen LogP contribution in [0, 0.1) is 5.92 Å². The molecule has 0 aliphatic heterocycles. The molecule has 0 aromatic heterocycles. The first-order valence-electron chi connectivity index (χ1n) is 6.68. The molecule has 0 rings (SSSR count). The second kappa shape index (κ2) is 12.0. The molecule has 0 amide bonds. The molecule has 0 unspecified atom stereocenters. The van der Waals surface area contributed by atoms with Crippen LogP contribution in [0.2, 0.25) is 0 Å². The Kier molecular flexibility index (Phi) is 11.9. The predicted octanol–water partition coefficient (Wildman–Crippen LogP) is 2.92. The average Bonchev–Trinajstić information content (AvgIpc) is 2.20. The first-order valence-corrected chi connectivity index (χ1v) is 6.68. The van der Waals surface area contributed by atoms with Gasteiger partial charge in [-0.15, -0.1) is 0 Å². The minimum absolute atomic E-state index is 0.828. The summed E-state index contributed by atoms with van der Waals surface area (Å²) < 4.78 is 0. The van der Waals surface area contributed by atoms with Crippen molar-refractivity contribution in [2.75, 3.05) is 19.6 Å². The molecule has 2 nitrogen and oxygen atoms in total. The van der Waals surface area contributed by atoms with E-state index >= 15 is 0 Å². The van der Waals surface area contributed by atoms with Crippen molar-refractivity contribution in [1.29, 1.82) is 0 Å². The van der Waals surface area contributed by atoms with Gasteiger partial charge in [-0.1, -0.05) is 39.5 Å². The molecule has 92 valence electrons. The van der Waals surface area contributed by atoms with Crippen LogP contribution in [-0.2, 0) is 0 Å². The van der Waals surface area contributed by atoms with Gasteiger partial charge in [0.2, 0.25) is 0 Å². The zero-order chi connectivity index (χ0) is 11.4. The van der Waals surface area contributed by atoms with Gasteiger partial charge in [-0.05, 0) is 44.8 Å².